The third-order valence-corrected chi connectivity index (χ3v) is 5.66. The fraction of sp³-hybridized carbons (Fsp3) is 0.500. The van der Waals surface area contributed by atoms with Crippen LogP contribution in [0.1, 0.15) is 18.4 Å². The Kier molecular flexibility index (Phi) is 4.53. The summed E-state index contributed by atoms with van der Waals surface area (Å²) in [5.41, 5.74) is -1.19. The van der Waals surface area contributed by atoms with Crippen LogP contribution < -0.4 is 0 Å². The van der Waals surface area contributed by atoms with E-state index in [9.17, 15) is 21.6 Å². The van der Waals surface area contributed by atoms with E-state index in [2.05, 4.69) is 0 Å². The number of hydrogen-bond acceptors (Lipinski definition) is 3. The Morgan fingerprint density at radius 2 is 2.05 bits per heavy atom. The van der Waals surface area contributed by atoms with E-state index in [1.165, 1.54) is 0 Å². The van der Waals surface area contributed by atoms with Gasteiger partial charge in [0.1, 0.15) is 0 Å². The molecular weight excluding hydrogens is 331 g/mol. The molecule has 1 saturated heterocycles. The first-order valence-electron chi connectivity index (χ1n) is 6.17. The van der Waals surface area contributed by atoms with Crippen molar-refractivity contribution < 1.29 is 26.7 Å². The normalized spacial score (nSPS) is 20.9. The van der Waals surface area contributed by atoms with Crippen molar-refractivity contribution in [2.75, 3.05) is 13.2 Å². The molecule has 118 valence electrons. The van der Waals surface area contributed by atoms with Crippen LogP contribution >= 0.6 is 11.6 Å². The fourth-order valence-corrected chi connectivity index (χ4v) is 4.26. The smallest absolute Gasteiger partial charge is 0.395 e. The number of nitrogens with zero attached hydrogens (tertiary/aromatic N) is 1. The zero-order valence-corrected chi connectivity index (χ0v) is 12.3. The van der Waals surface area contributed by atoms with Crippen molar-refractivity contribution in [1.29, 1.82) is 0 Å². The van der Waals surface area contributed by atoms with Gasteiger partial charge in [0.05, 0.1) is 22.1 Å². The van der Waals surface area contributed by atoms with E-state index < -0.39 is 37.7 Å². The minimum absolute atomic E-state index is 0.178. The second-order valence-corrected chi connectivity index (χ2v) is 7.03. The number of aliphatic hydroxyl groups is 1. The van der Waals surface area contributed by atoms with Gasteiger partial charge >= 0.3 is 6.18 Å². The lowest BCUT2D eigenvalue weighted by Gasteiger charge is -2.23. The van der Waals surface area contributed by atoms with Crippen molar-refractivity contribution in [3.8, 4) is 0 Å². The number of hydrogen-bond donors (Lipinski definition) is 1. The van der Waals surface area contributed by atoms with Crippen molar-refractivity contribution in [2.45, 2.75) is 30.0 Å². The van der Waals surface area contributed by atoms with Gasteiger partial charge in [0.2, 0.25) is 10.0 Å². The summed E-state index contributed by atoms with van der Waals surface area (Å²) in [5, 5.41) is 8.61. The van der Waals surface area contributed by atoms with Gasteiger partial charge in [-0.3, -0.25) is 0 Å². The summed E-state index contributed by atoms with van der Waals surface area (Å²) < 4.78 is 64.2. The number of halogens is 4. The van der Waals surface area contributed by atoms with Gasteiger partial charge in [0.25, 0.3) is 0 Å². The zero-order valence-electron chi connectivity index (χ0n) is 10.8. The molecule has 0 spiro atoms. The van der Waals surface area contributed by atoms with Crippen LogP contribution in [-0.4, -0.2) is 37.0 Å². The molecule has 21 heavy (non-hydrogen) atoms. The number of benzene rings is 1. The summed E-state index contributed by atoms with van der Waals surface area (Å²) in [6.07, 6.45) is -3.69. The third-order valence-electron chi connectivity index (χ3n) is 3.38. The molecule has 1 aliphatic heterocycles. The third kappa shape index (κ3) is 3.18. The first kappa shape index (κ1) is 16.5. The molecule has 0 radical (unpaired) electrons. The molecule has 4 nitrogen and oxygen atoms in total. The molecule has 1 heterocycles. The standard InChI is InChI=1S/C12H13ClF3NO3S/c13-11-4-3-9(6-10(11)12(14,15)16)21(19,20)17-5-1-2-8(17)7-18/h3-4,6,8,18H,1-2,5,7H2. The predicted molar refractivity (Wildman–Crippen MR) is 70.5 cm³/mol. The Labute approximate surface area is 125 Å². The molecule has 1 N–H and O–H groups in total. The van der Waals surface area contributed by atoms with Crippen LogP contribution in [0.3, 0.4) is 0 Å². The number of aliphatic hydroxyl groups excluding tert-OH is 1. The van der Waals surface area contributed by atoms with Gasteiger partial charge in [0.15, 0.2) is 0 Å². The van der Waals surface area contributed by atoms with Crippen molar-refractivity contribution >= 4 is 21.6 Å². The van der Waals surface area contributed by atoms with Gasteiger partial charge < -0.3 is 5.11 Å². The molecule has 1 unspecified atom stereocenters. The molecule has 0 bridgehead atoms. The first-order chi connectivity index (χ1) is 9.67. The minimum atomic E-state index is -4.73. The molecule has 1 aliphatic rings. The highest BCUT2D eigenvalue weighted by Gasteiger charge is 2.38. The first-order valence-corrected chi connectivity index (χ1v) is 7.99. The molecule has 1 atom stereocenters. The van der Waals surface area contributed by atoms with E-state index in [4.69, 9.17) is 16.7 Å². The van der Waals surface area contributed by atoms with Crippen LogP contribution in [0.4, 0.5) is 13.2 Å². The second-order valence-electron chi connectivity index (χ2n) is 4.73. The summed E-state index contributed by atoms with van der Waals surface area (Å²) in [7, 11) is -4.08. The van der Waals surface area contributed by atoms with Crippen molar-refractivity contribution in [3.63, 3.8) is 0 Å². The summed E-state index contributed by atoms with van der Waals surface area (Å²) in [6, 6.07) is 1.89. The maximum atomic E-state index is 12.8. The van der Waals surface area contributed by atoms with E-state index in [0.717, 1.165) is 16.4 Å². The minimum Gasteiger partial charge on any atom is -0.395 e. The maximum Gasteiger partial charge on any atom is 0.417 e. The Morgan fingerprint density at radius 1 is 1.38 bits per heavy atom. The lowest BCUT2D eigenvalue weighted by Crippen LogP contribution is -2.37. The highest BCUT2D eigenvalue weighted by Crippen LogP contribution is 2.37. The topological polar surface area (TPSA) is 57.6 Å². The Bertz CT molecular complexity index is 633. The van der Waals surface area contributed by atoms with Crippen LogP contribution in [0.25, 0.3) is 0 Å². The number of rotatable bonds is 3. The maximum absolute atomic E-state index is 12.8. The van der Waals surface area contributed by atoms with E-state index in [1.54, 1.807) is 0 Å². The fourth-order valence-electron chi connectivity index (χ4n) is 2.33. The van der Waals surface area contributed by atoms with Crippen molar-refractivity contribution in [3.05, 3.63) is 28.8 Å². The second kappa shape index (κ2) is 5.75. The van der Waals surface area contributed by atoms with Gasteiger partial charge in [-0.05, 0) is 31.0 Å². The quantitative estimate of drug-likeness (QED) is 0.917. The monoisotopic (exact) mass is 343 g/mol. The van der Waals surface area contributed by atoms with Crippen molar-refractivity contribution in [2.24, 2.45) is 0 Å². The van der Waals surface area contributed by atoms with Crippen LogP contribution in [0.5, 0.6) is 0 Å². The molecule has 1 aromatic rings. The van der Waals surface area contributed by atoms with Gasteiger partial charge in [-0.25, -0.2) is 8.42 Å². The van der Waals surface area contributed by atoms with Crippen molar-refractivity contribution in [1.82, 2.24) is 4.31 Å². The van der Waals surface area contributed by atoms with Gasteiger partial charge in [-0.15, -0.1) is 0 Å². The Morgan fingerprint density at radius 3 is 2.62 bits per heavy atom. The molecule has 0 aliphatic carbocycles. The van der Waals surface area contributed by atoms with Gasteiger partial charge in [0, 0.05) is 12.6 Å². The molecule has 1 aromatic carbocycles. The SMILES string of the molecule is O=S(=O)(c1ccc(Cl)c(C(F)(F)F)c1)N1CCCC1CO. The van der Waals surface area contributed by atoms with E-state index >= 15 is 0 Å². The highest BCUT2D eigenvalue weighted by atomic mass is 35.5. The van der Waals surface area contributed by atoms with Crippen LogP contribution in [0, 0.1) is 0 Å². The van der Waals surface area contributed by atoms with E-state index in [0.29, 0.717) is 18.9 Å². The molecule has 0 amide bonds. The van der Waals surface area contributed by atoms with Crippen LogP contribution in [0.2, 0.25) is 5.02 Å². The average molecular weight is 344 g/mol. The Balaban J connectivity index is 2.46. The van der Waals surface area contributed by atoms with Crippen LogP contribution in [-0.2, 0) is 16.2 Å². The lowest BCUT2D eigenvalue weighted by atomic mass is 10.2. The van der Waals surface area contributed by atoms with E-state index in [1.807, 2.05) is 0 Å². The average Bonchev–Trinajstić information content (AvgIpc) is 2.86. The van der Waals surface area contributed by atoms with E-state index in [-0.39, 0.29) is 13.2 Å². The molecule has 2 rings (SSSR count). The molecule has 1 fully saturated rings. The largest absolute Gasteiger partial charge is 0.417 e. The summed E-state index contributed by atoms with van der Waals surface area (Å²) in [4.78, 5) is -0.473. The predicted octanol–water partition coefficient (Wildman–Crippen LogP) is 2.50. The summed E-state index contributed by atoms with van der Waals surface area (Å²) in [5.74, 6) is 0. The summed E-state index contributed by atoms with van der Waals surface area (Å²) in [6.45, 7) is -0.184. The number of sulfonamides is 1. The number of alkyl halides is 3. The zero-order chi connectivity index (χ0) is 15.8. The highest BCUT2D eigenvalue weighted by molar-refractivity contribution is 7.89. The lowest BCUT2D eigenvalue weighted by molar-refractivity contribution is -0.137. The molecule has 0 saturated carbocycles. The Hall–Kier alpha value is -0.830. The van der Waals surface area contributed by atoms with Gasteiger partial charge in [-0.2, -0.15) is 17.5 Å². The summed E-state index contributed by atoms with van der Waals surface area (Å²) >= 11 is 5.48. The molecule has 9 heteroatoms. The van der Waals surface area contributed by atoms with Gasteiger partial charge in [-0.1, -0.05) is 11.6 Å². The molecule has 0 aromatic heterocycles. The van der Waals surface area contributed by atoms with Crippen LogP contribution in [0.15, 0.2) is 23.1 Å². The molecular formula is C12H13ClF3NO3S.